The molecule has 50 heavy (non-hydrogen) atoms. The zero-order chi connectivity index (χ0) is 37.2. The number of rotatable bonds is 25. The zero-order valence-corrected chi connectivity index (χ0v) is 32.4. The maximum Gasteiger partial charge on any atom is 0.294 e. The van der Waals surface area contributed by atoms with Crippen molar-refractivity contribution in [1.29, 1.82) is 0 Å². The summed E-state index contributed by atoms with van der Waals surface area (Å²) in [4.78, 5) is 26.1. The molecule has 2 aromatic carbocycles. The number of carbonyl (C=O) groups is 2. The van der Waals surface area contributed by atoms with Crippen LogP contribution in [-0.2, 0) is 29.7 Å². The average Bonchev–Trinajstić information content (AvgIpc) is 3.06. The van der Waals surface area contributed by atoms with Crippen LogP contribution in [0.25, 0.3) is 0 Å². The van der Waals surface area contributed by atoms with Crippen LogP contribution in [0.5, 0.6) is 5.75 Å². The minimum Gasteiger partial charge on any atom is -0.473 e. The van der Waals surface area contributed by atoms with Crippen molar-refractivity contribution >= 4 is 37.5 Å². The van der Waals surface area contributed by atoms with Gasteiger partial charge in [0, 0.05) is 24.7 Å². The highest BCUT2D eigenvalue weighted by Gasteiger charge is 2.37. The van der Waals surface area contributed by atoms with E-state index in [1.165, 1.54) is 124 Å². The second kappa shape index (κ2) is 21.5. The molecular formula is C38H60N2O8S2. The first-order chi connectivity index (χ1) is 23.6. The van der Waals surface area contributed by atoms with Gasteiger partial charge in [-0.15, -0.1) is 0 Å². The number of sulfonamides is 1. The van der Waals surface area contributed by atoms with Crippen molar-refractivity contribution in [3.8, 4) is 5.75 Å². The first-order valence-corrected chi connectivity index (χ1v) is 21.1. The van der Waals surface area contributed by atoms with Crippen molar-refractivity contribution in [2.24, 2.45) is 5.41 Å². The highest BCUT2D eigenvalue weighted by atomic mass is 32.2. The molecule has 2 rings (SSSR count). The fourth-order valence-electron chi connectivity index (χ4n) is 5.55. The quantitative estimate of drug-likeness (QED) is 0.0584. The number of unbranched alkanes of at least 4 members (excludes halogenated alkanes) is 15. The van der Waals surface area contributed by atoms with Gasteiger partial charge < -0.3 is 10.1 Å². The van der Waals surface area contributed by atoms with Crippen LogP contribution in [0.1, 0.15) is 130 Å². The van der Waals surface area contributed by atoms with Gasteiger partial charge in [0.15, 0.2) is 5.78 Å². The number of nitrogens with one attached hydrogen (secondary N) is 1. The summed E-state index contributed by atoms with van der Waals surface area (Å²) >= 11 is 0. The van der Waals surface area contributed by atoms with E-state index in [4.69, 9.17) is 4.74 Å². The molecule has 10 nitrogen and oxygen atoms in total. The molecule has 0 fully saturated rings. The van der Waals surface area contributed by atoms with Crippen molar-refractivity contribution in [2.75, 3.05) is 18.9 Å². The van der Waals surface area contributed by atoms with Crippen LogP contribution in [0.4, 0.5) is 5.69 Å². The summed E-state index contributed by atoms with van der Waals surface area (Å²) in [5, 5.41) is 2.54. The number of ketones is 1. The fraction of sp³-hybridized carbons (Fsp3) is 0.632. The molecule has 1 unspecified atom stereocenters. The van der Waals surface area contributed by atoms with Gasteiger partial charge in [0.25, 0.3) is 16.0 Å². The zero-order valence-electron chi connectivity index (χ0n) is 30.8. The molecule has 282 valence electrons. The van der Waals surface area contributed by atoms with Crippen molar-refractivity contribution in [3.05, 3.63) is 48.5 Å². The van der Waals surface area contributed by atoms with Gasteiger partial charge >= 0.3 is 0 Å². The van der Waals surface area contributed by atoms with E-state index in [9.17, 15) is 31.0 Å². The lowest BCUT2D eigenvalue weighted by atomic mass is 9.87. The van der Waals surface area contributed by atoms with Gasteiger partial charge in [0.1, 0.15) is 5.75 Å². The van der Waals surface area contributed by atoms with E-state index in [0.717, 1.165) is 31.4 Å². The van der Waals surface area contributed by atoms with Gasteiger partial charge in [-0.25, -0.2) is 12.7 Å². The van der Waals surface area contributed by atoms with Gasteiger partial charge in [0.2, 0.25) is 16.1 Å². The molecule has 2 aromatic rings. The number of hydrogen-bond acceptors (Lipinski definition) is 7. The summed E-state index contributed by atoms with van der Waals surface area (Å²) in [5.74, 6) is -1.18. The van der Waals surface area contributed by atoms with Crippen LogP contribution in [0.15, 0.2) is 58.3 Å². The summed E-state index contributed by atoms with van der Waals surface area (Å²) in [7, 11) is -6.59. The van der Waals surface area contributed by atoms with Crippen LogP contribution in [-0.4, -0.2) is 57.1 Å². The number of benzene rings is 2. The molecule has 0 aliphatic carbocycles. The van der Waals surface area contributed by atoms with E-state index in [2.05, 4.69) is 12.2 Å². The second-order valence-corrected chi connectivity index (χ2v) is 17.7. The van der Waals surface area contributed by atoms with Crippen LogP contribution in [0.3, 0.4) is 0 Å². The Labute approximate surface area is 301 Å². The molecule has 0 aliphatic rings. The average molecular weight is 737 g/mol. The largest absolute Gasteiger partial charge is 0.473 e. The maximum absolute atomic E-state index is 13.2. The van der Waals surface area contributed by atoms with Gasteiger partial charge in [-0.2, -0.15) is 8.42 Å². The summed E-state index contributed by atoms with van der Waals surface area (Å²) < 4.78 is 65.4. The number of anilines is 1. The highest BCUT2D eigenvalue weighted by molar-refractivity contribution is 7.89. The van der Waals surface area contributed by atoms with E-state index >= 15 is 0 Å². The van der Waals surface area contributed by atoms with E-state index in [1.807, 2.05) is 0 Å². The number of carbonyl (C=O) groups excluding carboxylic acids is 2. The summed E-state index contributed by atoms with van der Waals surface area (Å²) in [5.41, 5.74) is -0.762. The molecule has 0 saturated carbocycles. The highest BCUT2D eigenvalue weighted by Crippen LogP contribution is 2.25. The SMILES string of the molecule is CCCCCCCCCCCCCCCCCCN(C)S(=O)(=O)c1ccc(OC(C(=O)Nc2ccc(S(=O)(=O)O)cc2)C(=O)C(C)(C)C)cc1. The molecular weight excluding hydrogens is 677 g/mol. The Kier molecular flexibility index (Phi) is 18.7. The minimum atomic E-state index is -4.41. The summed E-state index contributed by atoms with van der Waals surface area (Å²) in [6.45, 7) is 7.59. The van der Waals surface area contributed by atoms with Gasteiger partial charge in [-0.05, 0) is 55.0 Å². The molecule has 0 saturated heterocycles. The first-order valence-electron chi connectivity index (χ1n) is 18.2. The monoisotopic (exact) mass is 736 g/mol. The van der Waals surface area contributed by atoms with E-state index in [1.54, 1.807) is 27.8 Å². The molecule has 1 atom stereocenters. The van der Waals surface area contributed by atoms with Crippen LogP contribution in [0, 0.1) is 5.41 Å². The van der Waals surface area contributed by atoms with E-state index < -0.39 is 43.4 Å². The Hall–Kier alpha value is -2.80. The molecule has 1 amide bonds. The van der Waals surface area contributed by atoms with Gasteiger partial charge in [-0.3, -0.25) is 14.1 Å². The Morgan fingerprint density at radius 1 is 0.700 bits per heavy atom. The Bertz CT molecular complexity index is 1520. The third kappa shape index (κ3) is 15.6. The standard InChI is InChI=1S/C38H60N2O8S2/c1-6-7-8-9-10-11-12-13-14-15-16-17-18-19-20-21-30-40(5)49(43,44)33-28-24-32(25-29-33)48-35(36(41)38(2,3)4)37(42)39-31-22-26-34(27-23-31)50(45,46)47/h22-29,35H,6-21,30H2,1-5H3,(H,39,42)(H,45,46,47). The predicted molar refractivity (Wildman–Crippen MR) is 200 cm³/mol. The lowest BCUT2D eigenvalue weighted by Crippen LogP contribution is -2.45. The topological polar surface area (TPSA) is 147 Å². The van der Waals surface area contributed by atoms with E-state index in [0.29, 0.717) is 6.54 Å². The third-order valence-corrected chi connectivity index (χ3v) is 11.5. The Morgan fingerprint density at radius 2 is 1.12 bits per heavy atom. The van der Waals surface area contributed by atoms with Gasteiger partial charge in [0.05, 0.1) is 9.79 Å². The number of nitrogens with zero attached hydrogens (tertiary/aromatic N) is 1. The summed E-state index contributed by atoms with van der Waals surface area (Å²) in [6.07, 6.45) is 18.5. The number of ether oxygens (including phenoxy) is 1. The normalized spacial score (nSPS) is 12.9. The fourth-order valence-corrected chi connectivity index (χ4v) is 7.24. The van der Waals surface area contributed by atoms with Crippen molar-refractivity contribution < 1.29 is 35.7 Å². The number of Topliss-reactive ketones (excluding diaryl/α,β-unsaturated/α-hetero) is 1. The van der Waals surface area contributed by atoms with Crippen molar-refractivity contribution in [3.63, 3.8) is 0 Å². The Morgan fingerprint density at radius 3 is 1.54 bits per heavy atom. The van der Waals surface area contributed by atoms with Crippen LogP contribution in [0.2, 0.25) is 0 Å². The maximum atomic E-state index is 13.2. The van der Waals surface area contributed by atoms with Crippen LogP contribution < -0.4 is 10.1 Å². The molecule has 0 aliphatic heterocycles. The molecule has 0 radical (unpaired) electrons. The third-order valence-electron chi connectivity index (χ3n) is 8.75. The summed E-state index contributed by atoms with van der Waals surface area (Å²) in [6, 6.07) is 10.4. The van der Waals surface area contributed by atoms with Crippen molar-refractivity contribution in [2.45, 2.75) is 146 Å². The molecule has 0 heterocycles. The molecule has 0 bridgehead atoms. The molecule has 0 spiro atoms. The molecule has 0 aromatic heterocycles. The second-order valence-electron chi connectivity index (χ2n) is 14.2. The van der Waals surface area contributed by atoms with E-state index in [-0.39, 0.29) is 21.2 Å². The molecule has 12 heteroatoms. The van der Waals surface area contributed by atoms with Crippen molar-refractivity contribution in [1.82, 2.24) is 4.31 Å². The lowest BCUT2D eigenvalue weighted by Gasteiger charge is -2.25. The smallest absolute Gasteiger partial charge is 0.294 e. The van der Waals surface area contributed by atoms with Gasteiger partial charge in [-0.1, -0.05) is 124 Å². The lowest BCUT2D eigenvalue weighted by molar-refractivity contribution is -0.140. The molecule has 2 N–H and O–H groups in total. The minimum absolute atomic E-state index is 0.0749. The number of hydrogen-bond donors (Lipinski definition) is 2. The van der Waals surface area contributed by atoms with Crippen LogP contribution >= 0.6 is 0 Å². The predicted octanol–water partition coefficient (Wildman–Crippen LogP) is 8.82. The first kappa shape index (κ1) is 43.4. The number of amides is 1. The Balaban J connectivity index is 1.80.